The lowest BCUT2D eigenvalue weighted by Crippen LogP contribution is -2.15. The van der Waals surface area contributed by atoms with Crippen molar-refractivity contribution in [2.75, 3.05) is 4.72 Å². The molecule has 0 aliphatic carbocycles. The molecule has 3 aromatic rings. The maximum atomic E-state index is 13.4. The van der Waals surface area contributed by atoms with Crippen molar-refractivity contribution >= 4 is 27.5 Å². The fraction of sp³-hybridized carbons (Fsp3) is 0.0588. The van der Waals surface area contributed by atoms with Crippen molar-refractivity contribution in [3.8, 4) is 0 Å². The Morgan fingerprint density at radius 2 is 1.68 bits per heavy atom. The zero-order valence-corrected chi connectivity index (χ0v) is 15.4. The van der Waals surface area contributed by atoms with Gasteiger partial charge in [0.15, 0.2) is 0 Å². The number of alkyl halides is 3. The Morgan fingerprint density at radius 1 is 0.929 bits per heavy atom. The Labute approximate surface area is 161 Å². The molecule has 0 saturated heterocycles. The number of aromatic nitrogens is 2. The van der Waals surface area contributed by atoms with E-state index in [1.165, 1.54) is 30.1 Å². The number of halogens is 4. The van der Waals surface area contributed by atoms with Crippen molar-refractivity contribution in [1.29, 1.82) is 0 Å². The molecule has 0 unspecified atom stereocenters. The van der Waals surface area contributed by atoms with Gasteiger partial charge in [0.05, 0.1) is 16.1 Å². The number of rotatable bonds is 5. The van der Waals surface area contributed by atoms with Gasteiger partial charge in [0, 0.05) is 12.4 Å². The largest absolute Gasteiger partial charge is 0.419 e. The molecule has 0 radical (unpaired) electrons. The van der Waals surface area contributed by atoms with Crippen LogP contribution in [0.3, 0.4) is 0 Å². The smallest absolute Gasteiger partial charge is 0.279 e. The van der Waals surface area contributed by atoms with E-state index in [9.17, 15) is 26.0 Å². The lowest BCUT2D eigenvalue weighted by atomic mass is 10.2. The second-order valence-corrected chi connectivity index (χ2v) is 8.12. The molecule has 146 valence electrons. The number of pyridine rings is 2. The van der Waals surface area contributed by atoms with Crippen molar-refractivity contribution < 1.29 is 26.0 Å². The van der Waals surface area contributed by atoms with Crippen LogP contribution in [0.4, 0.5) is 23.2 Å². The van der Waals surface area contributed by atoms with Crippen LogP contribution in [0.25, 0.3) is 0 Å². The molecule has 2 aromatic heterocycles. The topological polar surface area (TPSA) is 72.0 Å². The molecule has 2 heterocycles. The van der Waals surface area contributed by atoms with E-state index in [0.29, 0.717) is 16.1 Å². The maximum absolute atomic E-state index is 13.4. The minimum absolute atomic E-state index is 0.0892. The highest BCUT2D eigenvalue weighted by Gasteiger charge is 2.35. The summed E-state index contributed by atoms with van der Waals surface area (Å²) in [6.07, 6.45) is -2.09. The molecular formula is C17H11F4N3O2S2. The zero-order valence-electron chi connectivity index (χ0n) is 13.8. The molecule has 0 atom stereocenters. The summed E-state index contributed by atoms with van der Waals surface area (Å²) >= 11 is 1.18. The molecule has 5 nitrogen and oxygen atoms in total. The van der Waals surface area contributed by atoms with E-state index in [4.69, 9.17) is 0 Å². The first-order valence-corrected chi connectivity index (χ1v) is 9.90. The first-order chi connectivity index (χ1) is 13.1. The van der Waals surface area contributed by atoms with E-state index in [1.54, 1.807) is 24.4 Å². The van der Waals surface area contributed by atoms with Crippen molar-refractivity contribution in [3.05, 3.63) is 72.3 Å². The van der Waals surface area contributed by atoms with Crippen molar-refractivity contribution in [1.82, 2.24) is 9.97 Å². The van der Waals surface area contributed by atoms with Crippen molar-refractivity contribution in [3.63, 3.8) is 0 Å². The summed E-state index contributed by atoms with van der Waals surface area (Å²) in [4.78, 5) is 7.48. The summed E-state index contributed by atoms with van der Waals surface area (Å²) in [7, 11) is -4.37. The van der Waals surface area contributed by atoms with Gasteiger partial charge in [-0.15, -0.1) is 0 Å². The minimum atomic E-state index is -5.02. The third-order valence-corrected chi connectivity index (χ3v) is 5.65. The van der Waals surface area contributed by atoms with Crippen LogP contribution in [-0.4, -0.2) is 18.4 Å². The molecular weight excluding hydrogens is 418 g/mol. The van der Waals surface area contributed by atoms with Gasteiger partial charge in [0.2, 0.25) is 0 Å². The Bertz CT molecular complexity index is 1090. The third kappa shape index (κ3) is 4.78. The molecule has 0 fully saturated rings. The van der Waals surface area contributed by atoms with Gasteiger partial charge < -0.3 is 0 Å². The van der Waals surface area contributed by atoms with Crippen LogP contribution in [0.15, 0.2) is 75.9 Å². The summed E-state index contributed by atoms with van der Waals surface area (Å²) in [5, 5.41) is 1.05. The van der Waals surface area contributed by atoms with Crippen LogP contribution in [0.5, 0.6) is 0 Å². The van der Waals surface area contributed by atoms with E-state index in [2.05, 4.69) is 14.7 Å². The van der Waals surface area contributed by atoms with E-state index in [-0.39, 0.29) is 11.8 Å². The normalized spacial score (nSPS) is 12.0. The second kappa shape index (κ2) is 7.76. The molecule has 0 bridgehead atoms. The van der Waals surface area contributed by atoms with E-state index in [0.717, 1.165) is 6.07 Å². The Kier molecular flexibility index (Phi) is 5.57. The predicted octanol–water partition coefficient (Wildman–Crippen LogP) is 4.59. The standard InChI is InChI=1S/C17H11F4N3O2S2/c18-14-5-4-12(10-13(14)17(19,20)21)28(25,26)24-11-6-8-23-16(9-11)27-15-3-1-2-7-22-15/h1-10H,(H,23,24). The number of hydrogen-bond donors (Lipinski definition) is 1. The van der Waals surface area contributed by atoms with Crippen LogP contribution in [0, 0.1) is 5.82 Å². The van der Waals surface area contributed by atoms with Crippen molar-refractivity contribution in [2.45, 2.75) is 21.1 Å². The number of sulfonamides is 1. The van der Waals surface area contributed by atoms with Crippen LogP contribution in [-0.2, 0) is 16.2 Å². The summed E-state index contributed by atoms with van der Waals surface area (Å²) in [5.41, 5.74) is -1.57. The van der Waals surface area contributed by atoms with Gasteiger partial charge in [-0.1, -0.05) is 17.8 Å². The molecule has 3 rings (SSSR count). The number of benzene rings is 1. The van der Waals surface area contributed by atoms with Gasteiger partial charge in [-0.3, -0.25) is 4.72 Å². The molecule has 0 aliphatic heterocycles. The Hall–Kier alpha value is -2.66. The van der Waals surface area contributed by atoms with Gasteiger partial charge in [0.25, 0.3) is 10.0 Å². The second-order valence-electron chi connectivity index (χ2n) is 5.40. The monoisotopic (exact) mass is 429 g/mol. The van der Waals surface area contributed by atoms with Crippen molar-refractivity contribution in [2.24, 2.45) is 0 Å². The lowest BCUT2D eigenvalue weighted by Gasteiger charge is -2.12. The fourth-order valence-corrected chi connectivity index (χ4v) is 4.00. The Morgan fingerprint density at radius 3 is 2.36 bits per heavy atom. The summed E-state index contributed by atoms with van der Waals surface area (Å²) < 4.78 is 78.9. The maximum Gasteiger partial charge on any atom is 0.419 e. The average molecular weight is 429 g/mol. The Balaban J connectivity index is 1.86. The van der Waals surface area contributed by atoms with E-state index < -0.39 is 32.5 Å². The molecule has 1 aromatic carbocycles. The highest BCUT2D eigenvalue weighted by Crippen LogP contribution is 2.33. The lowest BCUT2D eigenvalue weighted by molar-refractivity contribution is -0.140. The number of anilines is 1. The highest BCUT2D eigenvalue weighted by molar-refractivity contribution is 7.99. The molecule has 0 spiro atoms. The zero-order chi connectivity index (χ0) is 20.4. The molecule has 0 aliphatic rings. The SMILES string of the molecule is O=S(=O)(Nc1ccnc(Sc2ccccn2)c1)c1ccc(F)c(C(F)(F)F)c1. The summed E-state index contributed by atoms with van der Waals surface area (Å²) in [6, 6.07) is 9.47. The molecule has 11 heteroatoms. The molecule has 28 heavy (non-hydrogen) atoms. The minimum Gasteiger partial charge on any atom is -0.279 e. The van der Waals surface area contributed by atoms with Gasteiger partial charge in [-0.2, -0.15) is 13.2 Å². The van der Waals surface area contributed by atoms with Gasteiger partial charge in [-0.05, 0) is 42.5 Å². The molecule has 1 N–H and O–H groups in total. The number of nitrogens with zero attached hydrogens (tertiary/aromatic N) is 2. The highest BCUT2D eigenvalue weighted by atomic mass is 32.2. The predicted molar refractivity (Wildman–Crippen MR) is 94.8 cm³/mol. The van der Waals surface area contributed by atoms with Gasteiger partial charge in [0.1, 0.15) is 15.9 Å². The van der Waals surface area contributed by atoms with E-state index >= 15 is 0 Å². The molecule has 0 saturated carbocycles. The van der Waals surface area contributed by atoms with Gasteiger partial charge in [-0.25, -0.2) is 22.8 Å². The van der Waals surface area contributed by atoms with E-state index in [1.807, 2.05) is 0 Å². The number of nitrogens with one attached hydrogen (secondary N) is 1. The first-order valence-electron chi connectivity index (χ1n) is 7.60. The van der Waals surface area contributed by atoms with Gasteiger partial charge >= 0.3 is 6.18 Å². The number of hydrogen-bond acceptors (Lipinski definition) is 5. The fourth-order valence-electron chi connectivity index (χ4n) is 2.15. The third-order valence-electron chi connectivity index (χ3n) is 3.39. The summed E-state index contributed by atoms with van der Waals surface area (Å²) in [5.74, 6) is -1.55. The summed E-state index contributed by atoms with van der Waals surface area (Å²) in [6.45, 7) is 0. The van der Waals surface area contributed by atoms with Crippen LogP contribution in [0.2, 0.25) is 0 Å². The van der Waals surface area contributed by atoms with Crippen LogP contribution >= 0.6 is 11.8 Å². The quantitative estimate of drug-likeness (QED) is 0.601. The van der Waals surface area contributed by atoms with Crippen LogP contribution in [0.1, 0.15) is 5.56 Å². The first kappa shape index (κ1) is 20.1. The average Bonchev–Trinajstić information content (AvgIpc) is 2.61. The van der Waals surface area contributed by atoms with Crippen LogP contribution < -0.4 is 4.72 Å². The molecule has 0 amide bonds.